The lowest BCUT2D eigenvalue weighted by molar-refractivity contribution is 0.112. The highest BCUT2D eigenvalue weighted by Gasteiger charge is 2.18. The van der Waals surface area contributed by atoms with Crippen LogP contribution in [0.3, 0.4) is 0 Å². The van der Waals surface area contributed by atoms with E-state index >= 15 is 0 Å². The molecule has 1 aromatic carbocycles. The van der Waals surface area contributed by atoms with Crippen LogP contribution < -0.4 is 0 Å². The Morgan fingerprint density at radius 2 is 2.07 bits per heavy atom. The van der Waals surface area contributed by atoms with Crippen LogP contribution in [-0.2, 0) is 9.05 Å². The summed E-state index contributed by atoms with van der Waals surface area (Å²) >= 11 is 0. The van der Waals surface area contributed by atoms with Crippen molar-refractivity contribution < 1.29 is 13.2 Å². The van der Waals surface area contributed by atoms with Gasteiger partial charge >= 0.3 is 0 Å². The number of hydrogen-bond acceptors (Lipinski definition) is 4. The fourth-order valence-electron chi connectivity index (χ4n) is 1.18. The first kappa shape index (κ1) is 11.7. The first-order chi connectivity index (χ1) is 6.90. The van der Waals surface area contributed by atoms with Crippen molar-refractivity contribution in [3.05, 3.63) is 28.8 Å². The lowest BCUT2D eigenvalue weighted by Gasteiger charge is -2.04. The van der Waals surface area contributed by atoms with Gasteiger partial charge in [0.05, 0.1) is 16.5 Å². The number of halogens is 1. The molecule has 1 rings (SSSR count). The van der Waals surface area contributed by atoms with E-state index in [9.17, 15) is 13.2 Å². The van der Waals surface area contributed by atoms with Crippen molar-refractivity contribution in [2.75, 3.05) is 0 Å². The molecule has 0 N–H and O–H groups in total. The molecule has 0 saturated carbocycles. The van der Waals surface area contributed by atoms with Crippen molar-refractivity contribution in [3.8, 4) is 6.07 Å². The first-order valence-corrected chi connectivity index (χ1v) is 6.15. The van der Waals surface area contributed by atoms with Gasteiger partial charge in [0.25, 0.3) is 9.05 Å². The number of hydrogen-bond donors (Lipinski definition) is 0. The number of nitriles is 1. The molecule has 0 aliphatic rings. The maximum absolute atomic E-state index is 11.1. The summed E-state index contributed by atoms with van der Waals surface area (Å²) < 4.78 is 22.3. The highest BCUT2D eigenvalue weighted by atomic mass is 35.7. The van der Waals surface area contributed by atoms with Crippen molar-refractivity contribution in [2.45, 2.75) is 11.8 Å². The van der Waals surface area contributed by atoms with Crippen LogP contribution >= 0.6 is 10.7 Å². The lowest BCUT2D eigenvalue weighted by Crippen LogP contribution is -2.01. The van der Waals surface area contributed by atoms with Crippen LogP contribution in [-0.4, -0.2) is 14.7 Å². The molecule has 0 unspecified atom stereocenters. The SMILES string of the molecule is Cc1cc(C#N)cc(S(=O)(=O)Cl)c1C=O. The number of carbonyl (C=O) groups excluding carboxylic acids is 1. The van der Waals surface area contributed by atoms with Crippen LogP contribution in [0.5, 0.6) is 0 Å². The number of carbonyl (C=O) groups is 1. The molecule has 0 heterocycles. The Hall–Kier alpha value is -1.38. The molecule has 0 bridgehead atoms. The predicted molar refractivity (Wildman–Crippen MR) is 54.3 cm³/mol. The van der Waals surface area contributed by atoms with Gasteiger partial charge in [0.1, 0.15) is 0 Å². The summed E-state index contributed by atoms with van der Waals surface area (Å²) in [6, 6.07) is 4.30. The van der Waals surface area contributed by atoms with Crippen LogP contribution in [0.2, 0.25) is 0 Å². The summed E-state index contributed by atoms with van der Waals surface area (Å²) in [6.07, 6.45) is 0.408. The molecule has 15 heavy (non-hydrogen) atoms. The van der Waals surface area contributed by atoms with Crippen LogP contribution in [0, 0.1) is 18.3 Å². The Kier molecular flexibility index (Phi) is 3.12. The molecular formula is C9H6ClNO3S. The topological polar surface area (TPSA) is 75.0 Å². The van der Waals surface area contributed by atoms with Gasteiger partial charge in [-0.05, 0) is 24.6 Å². The quantitative estimate of drug-likeness (QED) is 0.584. The van der Waals surface area contributed by atoms with Gasteiger partial charge in [-0.15, -0.1) is 0 Å². The van der Waals surface area contributed by atoms with Crippen molar-refractivity contribution >= 4 is 26.0 Å². The predicted octanol–water partition coefficient (Wildman–Crippen LogP) is 1.61. The van der Waals surface area contributed by atoms with Crippen molar-refractivity contribution in [2.24, 2.45) is 0 Å². The molecule has 6 heteroatoms. The van der Waals surface area contributed by atoms with Crippen LogP contribution in [0.15, 0.2) is 17.0 Å². The van der Waals surface area contributed by atoms with E-state index in [2.05, 4.69) is 0 Å². The number of rotatable bonds is 2. The Balaban J connectivity index is 3.70. The van der Waals surface area contributed by atoms with Crippen molar-refractivity contribution in [1.82, 2.24) is 0 Å². The largest absolute Gasteiger partial charge is 0.298 e. The molecule has 0 saturated heterocycles. The van der Waals surface area contributed by atoms with E-state index in [1.165, 1.54) is 13.0 Å². The molecule has 1 aromatic rings. The van der Waals surface area contributed by atoms with Gasteiger partial charge in [-0.2, -0.15) is 5.26 Å². The second kappa shape index (κ2) is 4.01. The highest BCUT2D eigenvalue weighted by molar-refractivity contribution is 8.13. The van der Waals surface area contributed by atoms with Crippen molar-refractivity contribution in [1.29, 1.82) is 5.26 Å². The van der Waals surface area contributed by atoms with Crippen LogP contribution in [0.1, 0.15) is 21.5 Å². The Morgan fingerprint density at radius 3 is 2.47 bits per heavy atom. The third-order valence-corrected chi connectivity index (χ3v) is 3.22. The monoisotopic (exact) mass is 243 g/mol. The summed E-state index contributed by atoms with van der Waals surface area (Å²) in [5.74, 6) is 0. The van der Waals surface area contributed by atoms with Crippen LogP contribution in [0.4, 0.5) is 0 Å². The standard InChI is InChI=1S/C9H6ClNO3S/c1-6-2-7(4-11)3-9(8(6)5-12)15(10,13)14/h2-3,5H,1H3. The maximum Gasteiger partial charge on any atom is 0.262 e. The van der Waals surface area contributed by atoms with Crippen molar-refractivity contribution in [3.63, 3.8) is 0 Å². The summed E-state index contributed by atoms with van der Waals surface area (Å²) in [4.78, 5) is 10.4. The Morgan fingerprint density at radius 1 is 1.47 bits per heavy atom. The second-order valence-corrected chi connectivity index (χ2v) is 5.41. The summed E-state index contributed by atoms with van der Waals surface area (Å²) in [7, 11) is 1.14. The highest BCUT2D eigenvalue weighted by Crippen LogP contribution is 2.23. The van der Waals surface area contributed by atoms with Gasteiger partial charge in [0, 0.05) is 16.2 Å². The first-order valence-electron chi connectivity index (χ1n) is 3.84. The fraction of sp³-hybridized carbons (Fsp3) is 0.111. The number of aryl methyl sites for hydroxylation is 1. The molecule has 0 aromatic heterocycles. The fourth-order valence-corrected chi connectivity index (χ4v) is 2.31. The molecule has 0 atom stereocenters. The van der Waals surface area contributed by atoms with E-state index < -0.39 is 9.05 Å². The van der Waals surface area contributed by atoms with Gasteiger partial charge < -0.3 is 0 Å². The minimum Gasteiger partial charge on any atom is -0.298 e. The zero-order valence-electron chi connectivity index (χ0n) is 7.69. The Bertz CT molecular complexity index is 557. The maximum atomic E-state index is 11.1. The van der Waals surface area contributed by atoms with E-state index in [-0.39, 0.29) is 16.0 Å². The van der Waals surface area contributed by atoms with Gasteiger partial charge in [-0.1, -0.05) is 0 Å². The molecular weight excluding hydrogens is 238 g/mol. The van der Waals surface area contributed by atoms with E-state index in [0.29, 0.717) is 11.8 Å². The summed E-state index contributed by atoms with van der Waals surface area (Å²) in [5.41, 5.74) is 0.546. The normalized spacial score (nSPS) is 10.7. The van der Waals surface area contributed by atoms with Gasteiger partial charge in [0.15, 0.2) is 6.29 Å². The van der Waals surface area contributed by atoms with E-state index in [4.69, 9.17) is 15.9 Å². The molecule has 0 fully saturated rings. The van der Waals surface area contributed by atoms with E-state index in [1.807, 2.05) is 0 Å². The molecule has 78 valence electrons. The number of aldehydes is 1. The molecule has 0 radical (unpaired) electrons. The third kappa shape index (κ3) is 2.35. The molecule has 4 nitrogen and oxygen atoms in total. The Labute approximate surface area is 91.5 Å². The summed E-state index contributed by atoms with van der Waals surface area (Å²) in [5, 5.41) is 8.64. The minimum absolute atomic E-state index is 0.0102. The smallest absolute Gasteiger partial charge is 0.262 e. The molecule has 0 aliphatic heterocycles. The number of nitrogens with zero attached hydrogens (tertiary/aromatic N) is 1. The zero-order chi connectivity index (χ0) is 11.6. The average Bonchev–Trinajstić information content (AvgIpc) is 2.15. The second-order valence-electron chi connectivity index (χ2n) is 2.87. The van der Waals surface area contributed by atoms with E-state index in [1.54, 1.807) is 6.07 Å². The van der Waals surface area contributed by atoms with Gasteiger partial charge in [0.2, 0.25) is 0 Å². The molecule has 0 amide bonds. The van der Waals surface area contributed by atoms with Crippen LogP contribution in [0.25, 0.3) is 0 Å². The molecule has 0 aliphatic carbocycles. The molecule has 0 spiro atoms. The number of benzene rings is 1. The zero-order valence-corrected chi connectivity index (χ0v) is 9.26. The van der Waals surface area contributed by atoms with Gasteiger partial charge in [-0.25, -0.2) is 8.42 Å². The third-order valence-electron chi connectivity index (χ3n) is 1.86. The average molecular weight is 244 g/mol. The summed E-state index contributed by atoms with van der Waals surface area (Å²) in [6.45, 7) is 1.54. The van der Waals surface area contributed by atoms with E-state index in [0.717, 1.165) is 6.07 Å². The minimum atomic E-state index is -4.01. The lowest BCUT2D eigenvalue weighted by atomic mass is 10.1. The van der Waals surface area contributed by atoms with Gasteiger partial charge in [-0.3, -0.25) is 4.79 Å².